The van der Waals surface area contributed by atoms with Crippen LogP contribution in [0.1, 0.15) is 51.6 Å². The highest BCUT2D eigenvalue weighted by Gasteiger charge is 2.30. The van der Waals surface area contributed by atoms with Crippen LogP contribution >= 0.6 is 0 Å². The van der Waals surface area contributed by atoms with Crippen molar-refractivity contribution in [3.05, 3.63) is 30.1 Å². The lowest BCUT2D eigenvalue weighted by Gasteiger charge is -2.14. The summed E-state index contributed by atoms with van der Waals surface area (Å²) < 4.78 is 5.49. The van der Waals surface area contributed by atoms with Crippen molar-refractivity contribution in [1.82, 2.24) is 20.5 Å². The summed E-state index contributed by atoms with van der Waals surface area (Å²) in [7, 11) is 1.71. The van der Waals surface area contributed by atoms with Gasteiger partial charge in [-0.2, -0.15) is 5.10 Å². The highest BCUT2D eigenvalue weighted by atomic mass is 16.6. The zero-order chi connectivity index (χ0) is 21.0. The fraction of sp³-hybridized carbons (Fsp3) is 0.500. The van der Waals surface area contributed by atoms with Crippen LogP contribution in [0.25, 0.3) is 0 Å². The van der Waals surface area contributed by atoms with Crippen molar-refractivity contribution in [3.63, 3.8) is 0 Å². The topological polar surface area (TPSA) is 112 Å². The van der Waals surface area contributed by atoms with Crippen LogP contribution in [-0.2, 0) is 9.53 Å². The summed E-state index contributed by atoms with van der Waals surface area (Å²) in [4.78, 5) is 29.0. The van der Waals surface area contributed by atoms with Gasteiger partial charge in [0.1, 0.15) is 11.9 Å². The van der Waals surface area contributed by atoms with Crippen LogP contribution < -0.4 is 15.5 Å². The molecule has 2 atom stereocenters. The smallest absolute Gasteiger partial charge is 0.407 e. The summed E-state index contributed by atoms with van der Waals surface area (Å²) in [5.74, 6) is 1.53. The summed E-state index contributed by atoms with van der Waals surface area (Å²) in [6, 6.07) is 5.64. The SMILES string of the molecule is CC(=O)N(C)c1ccc(Nc2cc([C@H]3CC[C@@H](OC(=O)NC(C)C)C3)[nH]n2)nc1. The molecule has 0 aromatic carbocycles. The molecule has 29 heavy (non-hydrogen) atoms. The first-order valence-electron chi connectivity index (χ1n) is 9.81. The monoisotopic (exact) mass is 400 g/mol. The Bertz CT molecular complexity index is 848. The standard InChI is InChI=1S/C20H28N6O3/c1-12(2)22-20(28)29-16-7-5-14(9-16)17-10-19(25-24-17)23-18-8-6-15(11-21-18)26(4)13(3)27/h6,8,10-12,14,16H,5,7,9H2,1-4H3,(H,22,28)(H2,21,23,24,25)/t14-,16+/m0/s1. The van der Waals surface area contributed by atoms with Gasteiger partial charge < -0.3 is 20.3 Å². The van der Waals surface area contributed by atoms with Gasteiger partial charge in [0.25, 0.3) is 0 Å². The highest BCUT2D eigenvalue weighted by molar-refractivity contribution is 5.90. The first kappa shape index (κ1) is 20.6. The predicted octanol–water partition coefficient (Wildman–Crippen LogP) is 3.30. The van der Waals surface area contributed by atoms with E-state index < -0.39 is 0 Å². The average molecular weight is 400 g/mol. The van der Waals surface area contributed by atoms with E-state index in [1.54, 1.807) is 19.3 Å². The van der Waals surface area contributed by atoms with Crippen molar-refractivity contribution < 1.29 is 14.3 Å². The number of amides is 2. The van der Waals surface area contributed by atoms with Crippen LogP contribution in [0, 0.1) is 0 Å². The number of nitrogens with zero attached hydrogens (tertiary/aromatic N) is 3. The molecule has 0 radical (unpaired) electrons. The molecule has 0 aliphatic heterocycles. The van der Waals surface area contributed by atoms with Gasteiger partial charge in [-0.1, -0.05) is 0 Å². The number of ether oxygens (including phenoxy) is 1. The van der Waals surface area contributed by atoms with Crippen molar-refractivity contribution in [2.75, 3.05) is 17.3 Å². The van der Waals surface area contributed by atoms with E-state index in [-0.39, 0.29) is 30.1 Å². The molecule has 3 N–H and O–H groups in total. The molecular weight excluding hydrogens is 372 g/mol. The van der Waals surface area contributed by atoms with Gasteiger partial charge in [0.2, 0.25) is 5.91 Å². The number of rotatable bonds is 6. The number of alkyl carbamates (subject to hydrolysis) is 1. The largest absolute Gasteiger partial charge is 0.446 e. The summed E-state index contributed by atoms with van der Waals surface area (Å²) >= 11 is 0. The Labute approximate surface area is 170 Å². The Morgan fingerprint density at radius 3 is 2.72 bits per heavy atom. The molecule has 9 nitrogen and oxygen atoms in total. The molecule has 1 aliphatic rings. The third-order valence-electron chi connectivity index (χ3n) is 4.97. The molecule has 1 saturated carbocycles. The number of carbonyl (C=O) groups excluding carboxylic acids is 2. The normalized spacial score (nSPS) is 18.5. The second-order valence-electron chi connectivity index (χ2n) is 7.65. The van der Waals surface area contributed by atoms with Gasteiger partial charge in [-0.3, -0.25) is 9.89 Å². The Hall–Kier alpha value is -3.10. The molecule has 1 fully saturated rings. The van der Waals surface area contributed by atoms with Crippen LogP contribution in [-0.4, -0.2) is 46.4 Å². The number of aromatic amines is 1. The quantitative estimate of drug-likeness (QED) is 0.686. The third-order valence-corrected chi connectivity index (χ3v) is 4.97. The molecule has 156 valence electrons. The summed E-state index contributed by atoms with van der Waals surface area (Å²) in [5.41, 5.74) is 1.74. The Morgan fingerprint density at radius 1 is 1.28 bits per heavy atom. The van der Waals surface area contributed by atoms with Gasteiger partial charge in [-0.05, 0) is 45.2 Å². The maximum atomic E-state index is 11.8. The zero-order valence-corrected chi connectivity index (χ0v) is 17.2. The molecule has 0 bridgehead atoms. The number of nitrogens with one attached hydrogen (secondary N) is 3. The molecule has 1 aliphatic carbocycles. The number of H-pyrrole nitrogens is 1. The van der Waals surface area contributed by atoms with E-state index in [1.165, 1.54) is 11.8 Å². The fourth-order valence-corrected chi connectivity index (χ4v) is 3.33. The predicted molar refractivity (Wildman–Crippen MR) is 110 cm³/mol. The second kappa shape index (κ2) is 8.93. The van der Waals surface area contributed by atoms with E-state index in [9.17, 15) is 9.59 Å². The maximum Gasteiger partial charge on any atom is 0.407 e. The van der Waals surface area contributed by atoms with Crippen molar-refractivity contribution in [2.24, 2.45) is 0 Å². The number of anilines is 3. The molecular formula is C20H28N6O3. The number of pyridine rings is 1. The Kier molecular flexibility index (Phi) is 6.36. The number of hydrogen-bond acceptors (Lipinski definition) is 6. The fourth-order valence-electron chi connectivity index (χ4n) is 3.33. The lowest BCUT2D eigenvalue weighted by atomic mass is 10.0. The first-order chi connectivity index (χ1) is 13.8. The molecule has 2 aromatic heterocycles. The van der Waals surface area contributed by atoms with E-state index >= 15 is 0 Å². The number of aromatic nitrogens is 3. The minimum Gasteiger partial charge on any atom is -0.446 e. The van der Waals surface area contributed by atoms with E-state index in [1.807, 2.05) is 26.0 Å². The number of carbonyl (C=O) groups is 2. The molecule has 2 aromatic rings. The molecule has 2 heterocycles. The van der Waals surface area contributed by atoms with Crippen LogP contribution in [0.15, 0.2) is 24.4 Å². The zero-order valence-electron chi connectivity index (χ0n) is 17.2. The van der Waals surface area contributed by atoms with Gasteiger partial charge in [0.05, 0.1) is 11.9 Å². The summed E-state index contributed by atoms with van der Waals surface area (Å²) in [5, 5.41) is 13.3. The average Bonchev–Trinajstić information content (AvgIpc) is 3.30. The van der Waals surface area contributed by atoms with Gasteiger partial charge in [0.15, 0.2) is 5.82 Å². The van der Waals surface area contributed by atoms with Crippen LogP contribution in [0.3, 0.4) is 0 Å². The number of hydrogen-bond donors (Lipinski definition) is 3. The summed E-state index contributed by atoms with van der Waals surface area (Å²) in [6.07, 6.45) is 3.75. The van der Waals surface area contributed by atoms with Crippen molar-refractivity contribution >= 4 is 29.3 Å². The minimum atomic E-state index is -0.359. The Morgan fingerprint density at radius 2 is 2.07 bits per heavy atom. The van der Waals surface area contributed by atoms with Crippen molar-refractivity contribution in [2.45, 2.75) is 58.1 Å². The molecule has 3 rings (SSSR count). The van der Waals surface area contributed by atoms with Gasteiger partial charge in [0, 0.05) is 37.7 Å². The summed E-state index contributed by atoms with van der Waals surface area (Å²) in [6.45, 7) is 5.32. The van der Waals surface area contributed by atoms with E-state index in [0.29, 0.717) is 11.6 Å². The van der Waals surface area contributed by atoms with E-state index in [4.69, 9.17) is 4.74 Å². The van der Waals surface area contributed by atoms with Crippen LogP contribution in [0.4, 0.5) is 22.1 Å². The van der Waals surface area contributed by atoms with E-state index in [2.05, 4.69) is 25.8 Å². The maximum absolute atomic E-state index is 11.8. The van der Waals surface area contributed by atoms with Crippen molar-refractivity contribution in [3.8, 4) is 0 Å². The molecule has 2 amide bonds. The van der Waals surface area contributed by atoms with E-state index in [0.717, 1.165) is 30.6 Å². The van der Waals surface area contributed by atoms with Crippen molar-refractivity contribution in [1.29, 1.82) is 0 Å². The third kappa shape index (κ3) is 5.46. The lowest BCUT2D eigenvalue weighted by Crippen LogP contribution is -2.33. The Balaban J connectivity index is 1.55. The second-order valence-corrected chi connectivity index (χ2v) is 7.65. The molecule has 0 spiro atoms. The molecule has 9 heteroatoms. The van der Waals surface area contributed by atoms with Crippen LogP contribution in [0.5, 0.6) is 0 Å². The van der Waals surface area contributed by atoms with Crippen LogP contribution in [0.2, 0.25) is 0 Å². The highest BCUT2D eigenvalue weighted by Crippen LogP contribution is 2.36. The lowest BCUT2D eigenvalue weighted by molar-refractivity contribution is -0.116. The first-order valence-corrected chi connectivity index (χ1v) is 9.81. The van der Waals surface area contributed by atoms with Gasteiger partial charge in [-0.15, -0.1) is 0 Å². The van der Waals surface area contributed by atoms with Gasteiger partial charge >= 0.3 is 6.09 Å². The molecule has 0 unspecified atom stereocenters. The molecule has 0 saturated heterocycles. The minimum absolute atomic E-state index is 0.0509. The van der Waals surface area contributed by atoms with Gasteiger partial charge in [-0.25, -0.2) is 9.78 Å².